The van der Waals surface area contributed by atoms with Crippen LogP contribution in [-0.2, 0) is 9.53 Å². The first kappa shape index (κ1) is 12.3. The van der Waals surface area contributed by atoms with Gasteiger partial charge >= 0.3 is 0 Å². The molecule has 20 heavy (non-hydrogen) atoms. The second-order valence-corrected chi connectivity index (χ2v) is 6.15. The van der Waals surface area contributed by atoms with Crippen LogP contribution in [0.4, 0.5) is 0 Å². The Labute approximate surface area is 120 Å². The molecule has 3 fully saturated rings. The van der Waals surface area contributed by atoms with Crippen LogP contribution in [0, 0.1) is 0 Å². The molecule has 3 aliphatic heterocycles. The van der Waals surface area contributed by atoms with Gasteiger partial charge in [0.25, 0.3) is 5.91 Å². The number of hydrogen-bond acceptors (Lipinski definition) is 5. The SMILES string of the molecule is O=C(c1cscn1)N1CC[C@@]23OCCCN2C(=O)C[C@@H]13. The van der Waals surface area contributed by atoms with Crippen molar-refractivity contribution in [3.05, 3.63) is 16.6 Å². The van der Waals surface area contributed by atoms with Crippen molar-refractivity contribution in [3.63, 3.8) is 0 Å². The lowest BCUT2D eigenvalue weighted by Crippen LogP contribution is -2.56. The molecule has 106 valence electrons. The fourth-order valence-corrected chi connectivity index (χ4v) is 4.18. The van der Waals surface area contributed by atoms with E-state index in [0.717, 1.165) is 13.0 Å². The van der Waals surface area contributed by atoms with Gasteiger partial charge in [0.05, 0.1) is 24.6 Å². The summed E-state index contributed by atoms with van der Waals surface area (Å²) in [6, 6.07) is -0.163. The van der Waals surface area contributed by atoms with E-state index in [1.54, 1.807) is 15.8 Å². The molecule has 1 aromatic rings. The van der Waals surface area contributed by atoms with Crippen molar-refractivity contribution in [3.8, 4) is 0 Å². The number of likely N-dealkylation sites (tertiary alicyclic amines) is 1. The molecule has 3 aliphatic rings. The summed E-state index contributed by atoms with van der Waals surface area (Å²) < 4.78 is 5.98. The van der Waals surface area contributed by atoms with Crippen LogP contribution in [0.25, 0.3) is 0 Å². The van der Waals surface area contributed by atoms with E-state index in [4.69, 9.17) is 4.74 Å². The van der Waals surface area contributed by atoms with Crippen LogP contribution in [0.15, 0.2) is 10.9 Å². The first-order valence-corrected chi connectivity index (χ1v) is 7.80. The summed E-state index contributed by atoms with van der Waals surface area (Å²) in [5, 5.41) is 1.75. The summed E-state index contributed by atoms with van der Waals surface area (Å²) in [6.07, 6.45) is 1.95. The van der Waals surface area contributed by atoms with Gasteiger partial charge in [0, 0.05) is 24.9 Å². The van der Waals surface area contributed by atoms with E-state index < -0.39 is 5.72 Å². The molecule has 0 radical (unpaired) electrons. The van der Waals surface area contributed by atoms with Gasteiger partial charge in [-0.2, -0.15) is 0 Å². The van der Waals surface area contributed by atoms with Gasteiger partial charge in [0.1, 0.15) is 5.69 Å². The average Bonchev–Trinajstić information content (AvgIpc) is 3.13. The predicted octanol–water partition coefficient (Wildman–Crippen LogP) is 0.707. The third-order valence-electron chi connectivity index (χ3n) is 4.52. The molecule has 0 unspecified atom stereocenters. The van der Waals surface area contributed by atoms with E-state index >= 15 is 0 Å². The van der Waals surface area contributed by atoms with E-state index in [-0.39, 0.29) is 17.9 Å². The molecular weight excluding hydrogens is 278 g/mol. The normalized spacial score (nSPS) is 32.4. The molecule has 0 bridgehead atoms. The molecular formula is C13H15N3O3S. The van der Waals surface area contributed by atoms with Crippen LogP contribution in [0.2, 0.25) is 0 Å². The number of amides is 2. The smallest absolute Gasteiger partial charge is 0.273 e. The number of aromatic nitrogens is 1. The van der Waals surface area contributed by atoms with Crippen molar-refractivity contribution in [2.24, 2.45) is 0 Å². The Kier molecular flexibility index (Phi) is 2.62. The van der Waals surface area contributed by atoms with Crippen LogP contribution in [-0.4, -0.2) is 58.1 Å². The minimum Gasteiger partial charge on any atom is -0.353 e. The van der Waals surface area contributed by atoms with Gasteiger partial charge in [0.15, 0.2) is 5.72 Å². The molecule has 4 heterocycles. The summed E-state index contributed by atoms with van der Waals surface area (Å²) in [6.45, 7) is 2.04. The van der Waals surface area contributed by atoms with Gasteiger partial charge in [-0.3, -0.25) is 9.59 Å². The number of ether oxygens (including phenoxy) is 1. The van der Waals surface area contributed by atoms with Crippen molar-refractivity contribution >= 4 is 23.2 Å². The average molecular weight is 293 g/mol. The van der Waals surface area contributed by atoms with Crippen LogP contribution in [0.3, 0.4) is 0 Å². The third kappa shape index (κ3) is 1.50. The Hall–Kier alpha value is -1.47. The van der Waals surface area contributed by atoms with Crippen molar-refractivity contribution in [2.45, 2.75) is 31.0 Å². The molecule has 2 atom stereocenters. The Balaban J connectivity index is 1.66. The Morgan fingerprint density at radius 1 is 1.50 bits per heavy atom. The molecule has 4 rings (SSSR count). The van der Waals surface area contributed by atoms with E-state index in [0.29, 0.717) is 31.7 Å². The molecule has 1 spiro atoms. The lowest BCUT2D eigenvalue weighted by Gasteiger charge is -2.42. The molecule has 0 aromatic carbocycles. The van der Waals surface area contributed by atoms with Crippen LogP contribution in [0.1, 0.15) is 29.8 Å². The van der Waals surface area contributed by atoms with E-state index in [2.05, 4.69) is 4.98 Å². The monoisotopic (exact) mass is 293 g/mol. The van der Waals surface area contributed by atoms with Gasteiger partial charge in [0.2, 0.25) is 5.91 Å². The third-order valence-corrected chi connectivity index (χ3v) is 5.11. The maximum Gasteiger partial charge on any atom is 0.273 e. The lowest BCUT2D eigenvalue weighted by atomic mass is 10.0. The van der Waals surface area contributed by atoms with Gasteiger partial charge < -0.3 is 14.5 Å². The zero-order valence-corrected chi connectivity index (χ0v) is 11.8. The van der Waals surface area contributed by atoms with Crippen LogP contribution >= 0.6 is 11.3 Å². The maximum absolute atomic E-state index is 12.5. The predicted molar refractivity (Wildman–Crippen MR) is 71.2 cm³/mol. The van der Waals surface area contributed by atoms with Crippen LogP contribution < -0.4 is 0 Å². The minimum absolute atomic E-state index is 0.0862. The Bertz CT molecular complexity index is 561. The highest BCUT2D eigenvalue weighted by molar-refractivity contribution is 7.07. The molecule has 0 saturated carbocycles. The first-order chi connectivity index (χ1) is 9.72. The molecule has 1 aromatic heterocycles. The zero-order valence-electron chi connectivity index (χ0n) is 10.9. The van der Waals surface area contributed by atoms with E-state index in [9.17, 15) is 9.59 Å². The minimum atomic E-state index is -0.568. The number of thiazole rings is 1. The largest absolute Gasteiger partial charge is 0.353 e. The van der Waals surface area contributed by atoms with Crippen LogP contribution in [0.5, 0.6) is 0 Å². The highest BCUT2D eigenvalue weighted by atomic mass is 32.1. The highest BCUT2D eigenvalue weighted by Crippen LogP contribution is 2.45. The summed E-state index contributed by atoms with van der Waals surface area (Å²) in [5.41, 5.74) is 1.55. The Morgan fingerprint density at radius 3 is 3.20 bits per heavy atom. The quantitative estimate of drug-likeness (QED) is 0.765. The summed E-state index contributed by atoms with van der Waals surface area (Å²) in [5.74, 6) is 0.0161. The van der Waals surface area contributed by atoms with Gasteiger partial charge in [-0.1, -0.05) is 0 Å². The molecule has 0 aliphatic carbocycles. The fraction of sp³-hybridized carbons (Fsp3) is 0.615. The zero-order chi connectivity index (χ0) is 13.7. The standard InChI is InChI=1S/C13H15N3O3S/c17-11-6-10-13(16(11)3-1-5-19-13)2-4-15(10)12(18)9-7-20-8-14-9/h7-8,10H,1-6H2/t10-,13+/m1/s1. The number of hydrogen-bond donors (Lipinski definition) is 0. The Morgan fingerprint density at radius 2 is 2.40 bits per heavy atom. The topological polar surface area (TPSA) is 62.7 Å². The molecule has 7 heteroatoms. The molecule has 3 saturated heterocycles. The number of nitrogens with zero attached hydrogens (tertiary/aromatic N) is 3. The lowest BCUT2D eigenvalue weighted by molar-refractivity contribution is -0.179. The second-order valence-electron chi connectivity index (χ2n) is 5.43. The van der Waals surface area contributed by atoms with E-state index in [1.165, 1.54) is 11.3 Å². The van der Waals surface area contributed by atoms with Gasteiger partial charge in [-0.15, -0.1) is 11.3 Å². The van der Waals surface area contributed by atoms with Crippen molar-refractivity contribution in [2.75, 3.05) is 19.7 Å². The summed E-state index contributed by atoms with van der Waals surface area (Å²) in [4.78, 5) is 32.4. The van der Waals surface area contributed by atoms with Crippen molar-refractivity contribution in [1.29, 1.82) is 0 Å². The maximum atomic E-state index is 12.5. The van der Waals surface area contributed by atoms with Gasteiger partial charge in [-0.05, 0) is 6.42 Å². The second kappa shape index (κ2) is 4.26. The first-order valence-electron chi connectivity index (χ1n) is 6.86. The number of rotatable bonds is 1. The molecule has 2 amide bonds. The van der Waals surface area contributed by atoms with E-state index in [1.807, 2.05) is 4.90 Å². The number of carbonyl (C=O) groups excluding carboxylic acids is 2. The van der Waals surface area contributed by atoms with Crippen molar-refractivity contribution < 1.29 is 14.3 Å². The fourth-order valence-electron chi connectivity index (χ4n) is 3.66. The molecule has 6 nitrogen and oxygen atoms in total. The number of carbonyl (C=O) groups is 2. The highest BCUT2D eigenvalue weighted by Gasteiger charge is 2.61. The summed E-state index contributed by atoms with van der Waals surface area (Å²) >= 11 is 1.41. The summed E-state index contributed by atoms with van der Waals surface area (Å²) in [7, 11) is 0. The molecule has 0 N–H and O–H groups in total. The van der Waals surface area contributed by atoms with Gasteiger partial charge in [-0.25, -0.2) is 4.98 Å². The van der Waals surface area contributed by atoms with Crippen molar-refractivity contribution in [1.82, 2.24) is 14.8 Å².